The van der Waals surface area contributed by atoms with Crippen LogP contribution in [0, 0.1) is 0 Å². The van der Waals surface area contributed by atoms with Crippen molar-refractivity contribution in [2.24, 2.45) is 0 Å². The second-order valence-electron chi connectivity index (χ2n) is 7.54. The summed E-state index contributed by atoms with van der Waals surface area (Å²) in [6.45, 7) is 0.342. The van der Waals surface area contributed by atoms with Crippen molar-refractivity contribution in [3.05, 3.63) is 90.6 Å². The summed E-state index contributed by atoms with van der Waals surface area (Å²) in [4.78, 5) is 31.5. The quantitative estimate of drug-likeness (QED) is 0.422. The maximum Gasteiger partial charge on any atom is 0.334 e. The van der Waals surface area contributed by atoms with Gasteiger partial charge in [-0.25, -0.2) is 22.8 Å². The van der Waals surface area contributed by atoms with E-state index in [0.29, 0.717) is 23.1 Å². The Balaban J connectivity index is 1.72. The van der Waals surface area contributed by atoms with E-state index in [-0.39, 0.29) is 26.6 Å². The SMILES string of the molecule is O=c1[nH]c(=O)n(-c2cc(S(=O)(=O)N3CCCc4ccccc43)ccc2Cl)c2ncc(Br)cc12. The highest BCUT2D eigenvalue weighted by atomic mass is 79.9. The Kier molecular flexibility index (Phi) is 5.38. The predicted molar refractivity (Wildman–Crippen MR) is 130 cm³/mol. The van der Waals surface area contributed by atoms with Crippen LogP contribution in [0.25, 0.3) is 16.7 Å². The van der Waals surface area contributed by atoms with Gasteiger partial charge in [0.2, 0.25) is 0 Å². The summed E-state index contributed by atoms with van der Waals surface area (Å²) in [5, 5.41) is 0.284. The Morgan fingerprint density at radius 2 is 1.85 bits per heavy atom. The zero-order valence-corrected chi connectivity index (χ0v) is 20.1. The zero-order valence-electron chi connectivity index (χ0n) is 17.0. The Hall–Kier alpha value is -2.95. The van der Waals surface area contributed by atoms with Gasteiger partial charge in [0.1, 0.15) is 0 Å². The van der Waals surface area contributed by atoms with Gasteiger partial charge < -0.3 is 0 Å². The van der Waals surface area contributed by atoms with Crippen LogP contribution in [0.1, 0.15) is 12.0 Å². The molecule has 0 atom stereocenters. The van der Waals surface area contributed by atoms with E-state index in [1.165, 1.54) is 34.8 Å². The average molecular weight is 548 g/mol. The number of halogens is 2. The number of anilines is 1. The summed E-state index contributed by atoms with van der Waals surface area (Å²) in [5.41, 5.74) is 0.375. The molecule has 33 heavy (non-hydrogen) atoms. The summed E-state index contributed by atoms with van der Waals surface area (Å²) in [6.07, 6.45) is 2.93. The molecule has 0 saturated heterocycles. The number of fused-ring (bicyclic) bond motifs is 2. The number of pyridine rings is 1. The first-order valence-corrected chi connectivity index (χ1v) is 12.6. The third-order valence-electron chi connectivity index (χ3n) is 5.53. The van der Waals surface area contributed by atoms with Crippen molar-refractivity contribution in [3.63, 3.8) is 0 Å². The second kappa shape index (κ2) is 8.12. The number of sulfonamides is 1. The van der Waals surface area contributed by atoms with Gasteiger partial charge in [-0.1, -0.05) is 29.8 Å². The van der Waals surface area contributed by atoms with Gasteiger partial charge in [-0.3, -0.25) is 14.1 Å². The summed E-state index contributed by atoms with van der Waals surface area (Å²) in [7, 11) is -3.94. The molecule has 5 rings (SSSR count). The molecule has 2 aromatic heterocycles. The fraction of sp³-hybridized carbons (Fsp3) is 0.136. The minimum Gasteiger partial charge on any atom is -0.273 e. The number of nitrogens with one attached hydrogen (secondary N) is 1. The first-order chi connectivity index (χ1) is 15.8. The van der Waals surface area contributed by atoms with Crippen molar-refractivity contribution in [2.75, 3.05) is 10.8 Å². The maximum atomic E-state index is 13.6. The fourth-order valence-corrected chi connectivity index (χ4v) is 6.11. The first kappa shape index (κ1) is 21.9. The Bertz CT molecular complexity index is 1650. The van der Waals surface area contributed by atoms with Crippen molar-refractivity contribution in [2.45, 2.75) is 17.7 Å². The molecule has 1 N–H and O–H groups in total. The summed E-state index contributed by atoms with van der Waals surface area (Å²) in [5.74, 6) is 0. The molecule has 11 heteroatoms. The van der Waals surface area contributed by atoms with Gasteiger partial charge in [0.25, 0.3) is 15.6 Å². The van der Waals surface area contributed by atoms with Crippen molar-refractivity contribution in [1.29, 1.82) is 0 Å². The number of hydrogen-bond donors (Lipinski definition) is 1. The van der Waals surface area contributed by atoms with E-state index >= 15 is 0 Å². The third-order valence-corrected chi connectivity index (χ3v) is 8.09. The van der Waals surface area contributed by atoms with Gasteiger partial charge >= 0.3 is 5.69 Å². The number of aromatic amines is 1. The predicted octanol–water partition coefficient (Wildman–Crippen LogP) is 3.63. The maximum absolute atomic E-state index is 13.6. The molecule has 1 aliphatic rings. The first-order valence-electron chi connectivity index (χ1n) is 9.98. The van der Waals surface area contributed by atoms with Gasteiger partial charge in [0, 0.05) is 17.2 Å². The largest absolute Gasteiger partial charge is 0.334 e. The van der Waals surface area contributed by atoms with Crippen LogP contribution >= 0.6 is 27.5 Å². The van der Waals surface area contributed by atoms with Crippen LogP contribution in [0.4, 0.5) is 5.69 Å². The summed E-state index contributed by atoms with van der Waals surface area (Å²) < 4.78 is 30.3. The zero-order chi connectivity index (χ0) is 23.3. The monoisotopic (exact) mass is 546 g/mol. The standard InChI is InChI=1S/C22H16BrClN4O4S/c23-14-10-16-20(25-12-14)28(22(30)26-21(16)29)19-11-15(7-8-17(19)24)33(31,32)27-9-3-5-13-4-1-2-6-18(13)27/h1-2,4,6-8,10-12H,3,5,9H2,(H,26,29,30). The van der Waals surface area contributed by atoms with Crippen molar-refractivity contribution < 1.29 is 8.42 Å². The van der Waals surface area contributed by atoms with E-state index in [0.717, 1.165) is 16.6 Å². The highest BCUT2D eigenvalue weighted by Crippen LogP contribution is 2.33. The van der Waals surface area contributed by atoms with E-state index in [9.17, 15) is 18.0 Å². The molecule has 0 fully saturated rings. The Labute approximate surface area is 201 Å². The lowest BCUT2D eigenvalue weighted by Gasteiger charge is -2.30. The van der Waals surface area contributed by atoms with Gasteiger partial charge in [-0.15, -0.1) is 0 Å². The highest BCUT2D eigenvalue weighted by Gasteiger charge is 2.30. The minimum absolute atomic E-state index is 0.0260. The molecule has 0 bridgehead atoms. The van der Waals surface area contributed by atoms with E-state index < -0.39 is 21.3 Å². The number of para-hydroxylation sites is 1. The van der Waals surface area contributed by atoms with Crippen LogP contribution in [0.15, 0.2) is 73.7 Å². The number of H-pyrrole nitrogens is 1. The van der Waals surface area contributed by atoms with Gasteiger partial charge in [0.15, 0.2) is 5.65 Å². The molecule has 168 valence electrons. The molecule has 1 aliphatic heterocycles. The number of aryl methyl sites for hydroxylation is 1. The molecule has 0 aliphatic carbocycles. The lowest BCUT2D eigenvalue weighted by Crippen LogP contribution is -2.35. The number of benzene rings is 2. The van der Waals surface area contributed by atoms with Crippen LogP contribution < -0.4 is 15.6 Å². The van der Waals surface area contributed by atoms with Crippen molar-refractivity contribution in [3.8, 4) is 5.69 Å². The van der Waals surface area contributed by atoms with Gasteiger partial charge in [0.05, 0.1) is 26.7 Å². The molecule has 0 unspecified atom stereocenters. The molecular formula is C22H16BrClN4O4S. The molecule has 0 radical (unpaired) electrons. The molecule has 0 amide bonds. The topological polar surface area (TPSA) is 105 Å². The second-order valence-corrected chi connectivity index (χ2v) is 10.7. The minimum atomic E-state index is -3.94. The summed E-state index contributed by atoms with van der Waals surface area (Å²) in [6, 6.07) is 13.1. The molecular weight excluding hydrogens is 532 g/mol. The van der Waals surface area contributed by atoms with E-state index in [1.807, 2.05) is 12.1 Å². The number of aromatic nitrogens is 3. The molecule has 8 nitrogen and oxygen atoms in total. The molecule has 4 aromatic rings. The van der Waals surface area contributed by atoms with Gasteiger partial charge in [-0.05, 0) is 64.7 Å². The molecule has 0 spiro atoms. The number of hydrogen-bond acceptors (Lipinski definition) is 5. The van der Waals surface area contributed by atoms with Crippen LogP contribution in [-0.2, 0) is 16.4 Å². The van der Waals surface area contributed by atoms with Gasteiger partial charge in [-0.2, -0.15) is 0 Å². The third kappa shape index (κ3) is 3.68. The van der Waals surface area contributed by atoms with E-state index in [4.69, 9.17) is 11.6 Å². The molecule has 0 saturated carbocycles. The van der Waals surface area contributed by atoms with Crippen molar-refractivity contribution >= 4 is 54.3 Å². The van der Waals surface area contributed by atoms with E-state index in [2.05, 4.69) is 25.9 Å². The smallest absolute Gasteiger partial charge is 0.273 e. The highest BCUT2D eigenvalue weighted by molar-refractivity contribution is 9.10. The number of nitrogens with zero attached hydrogens (tertiary/aromatic N) is 3. The lowest BCUT2D eigenvalue weighted by atomic mass is 10.0. The fourth-order valence-electron chi connectivity index (χ4n) is 4.02. The van der Waals surface area contributed by atoms with Crippen LogP contribution in [-0.4, -0.2) is 29.5 Å². The van der Waals surface area contributed by atoms with Crippen LogP contribution in [0.3, 0.4) is 0 Å². The molecule has 2 aromatic carbocycles. The molecule has 3 heterocycles. The normalized spacial score (nSPS) is 13.8. The van der Waals surface area contributed by atoms with E-state index in [1.54, 1.807) is 12.1 Å². The van der Waals surface area contributed by atoms with Crippen LogP contribution in [0.5, 0.6) is 0 Å². The van der Waals surface area contributed by atoms with Crippen molar-refractivity contribution in [1.82, 2.24) is 14.5 Å². The lowest BCUT2D eigenvalue weighted by molar-refractivity contribution is 0.586. The van der Waals surface area contributed by atoms with Crippen LogP contribution in [0.2, 0.25) is 5.02 Å². The number of rotatable bonds is 3. The summed E-state index contributed by atoms with van der Waals surface area (Å²) >= 11 is 9.66. The Morgan fingerprint density at radius 3 is 2.67 bits per heavy atom. The Morgan fingerprint density at radius 1 is 1.06 bits per heavy atom. The average Bonchev–Trinajstić information content (AvgIpc) is 2.80.